The number of H-pyrrole nitrogens is 1. The maximum atomic E-state index is 13.0. The Kier molecular flexibility index (Phi) is 2.44. The van der Waals surface area contributed by atoms with Crippen molar-refractivity contribution in [2.75, 3.05) is 0 Å². The van der Waals surface area contributed by atoms with E-state index in [1.807, 2.05) is 0 Å². The number of nitrogens with zero attached hydrogens (tertiary/aromatic N) is 1. The first-order chi connectivity index (χ1) is 7.59. The predicted molar refractivity (Wildman–Crippen MR) is 57.4 cm³/mol. The second-order valence-electron chi connectivity index (χ2n) is 3.38. The van der Waals surface area contributed by atoms with Crippen LogP contribution in [0.2, 0.25) is 0 Å². The van der Waals surface area contributed by atoms with Crippen LogP contribution in [0.25, 0.3) is 5.69 Å². The molecule has 1 aromatic heterocycles. The Balaban J connectivity index is 2.79. The first kappa shape index (κ1) is 10.4. The van der Waals surface area contributed by atoms with Gasteiger partial charge in [-0.05, 0) is 25.1 Å². The second kappa shape index (κ2) is 3.77. The lowest BCUT2D eigenvalue weighted by Crippen LogP contribution is -2.36. The van der Waals surface area contributed by atoms with Gasteiger partial charge in [0.25, 0.3) is 0 Å². The van der Waals surface area contributed by atoms with E-state index in [-0.39, 0.29) is 0 Å². The lowest BCUT2D eigenvalue weighted by atomic mass is 10.3. The number of aromatic nitrogens is 2. The monoisotopic (exact) mass is 220 g/mol. The first-order valence-electron chi connectivity index (χ1n) is 4.67. The zero-order chi connectivity index (χ0) is 11.7. The van der Waals surface area contributed by atoms with Gasteiger partial charge in [-0.3, -0.25) is 14.2 Å². The van der Waals surface area contributed by atoms with Crippen LogP contribution in [0.1, 0.15) is 5.69 Å². The van der Waals surface area contributed by atoms with Gasteiger partial charge < -0.3 is 4.98 Å². The zero-order valence-electron chi connectivity index (χ0n) is 8.53. The van der Waals surface area contributed by atoms with E-state index in [0.717, 1.165) is 0 Å². The Morgan fingerprint density at radius 3 is 2.75 bits per heavy atom. The average Bonchev–Trinajstić information content (AvgIpc) is 2.24. The van der Waals surface area contributed by atoms with Crippen molar-refractivity contribution in [2.45, 2.75) is 6.92 Å². The van der Waals surface area contributed by atoms with Crippen LogP contribution in [0.3, 0.4) is 0 Å². The van der Waals surface area contributed by atoms with Gasteiger partial charge in [0.1, 0.15) is 5.82 Å². The molecule has 1 N–H and O–H groups in total. The molecule has 1 heterocycles. The predicted octanol–water partition coefficient (Wildman–Crippen LogP) is 0.973. The van der Waals surface area contributed by atoms with E-state index in [9.17, 15) is 14.0 Å². The Morgan fingerprint density at radius 1 is 1.31 bits per heavy atom. The Bertz CT molecular complexity index is 643. The van der Waals surface area contributed by atoms with Crippen LogP contribution in [0, 0.1) is 12.7 Å². The van der Waals surface area contributed by atoms with Crippen molar-refractivity contribution >= 4 is 0 Å². The number of halogens is 1. The summed E-state index contributed by atoms with van der Waals surface area (Å²) in [5, 5.41) is 0. The summed E-state index contributed by atoms with van der Waals surface area (Å²) in [4.78, 5) is 25.1. The number of aromatic amines is 1. The number of hydrogen-bond donors (Lipinski definition) is 1. The molecule has 4 nitrogen and oxygen atoms in total. The summed E-state index contributed by atoms with van der Waals surface area (Å²) in [5.41, 5.74) is -0.565. The molecule has 16 heavy (non-hydrogen) atoms. The van der Waals surface area contributed by atoms with Gasteiger partial charge in [-0.2, -0.15) is 0 Å². The van der Waals surface area contributed by atoms with Crippen LogP contribution < -0.4 is 11.1 Å². The largest absolute Gasteiger partial charge is 0.323 e. The number of hydrogen-bond acceptors (Lipinski definition) is 2. The third-order valence-corrected chi connectivity index (χ3v) is 2.23. The fourth-order valence-corrected chi connectivity index (χ4v) is 1.49. The molecule has 2 rings (SSSR count). The van der Waals surface area contributed by atoms with Gasteiger partial charge in [-0.25, -0.2) is 4.39 Å². The molecule has 5 heteroatoms. The normalized spacial score (nSPS) is 10.4. The van der Waals surface area contributed by atoms with Crippen LogP contribution in [0.4, 0.5) is 4.39 Å². The van der Waals surface area contributed by atoms with E-state index >= 15 is 0 Å². The molecule has 0 saturated heterocycles. The van der Waals surface area contributed by atoms with Gasteiger partial charge in [0.2, 0.25) is 0 Å². The quantitative estimate of drug-likeness (QED) is 0.728. The van der Waals surface area contributed by atoms with Crippen LogP contribution in [0.15, 0.2) is 40.1 Å². The molecule has 0 bridgehead atoms. The minimum atomic E-state index is -0.727. The highest BCUT2D eigenvalue weighted by atomic mass is 19.1. The Labute approximate surface area is 90.0 Å². The maximum absolute atomic E-state index is 13.0. The van der Waals surface area contributed by atoms with Gasteiger partial charge in [0.15, 0.2) is 0 Å². The summed E-state index contributed by atoms with van der Waals surface area (Å²) >= 11 is 0. The summed E-state index contributed by atoms with van der Waals surface area (Å²) in [6.07, 6.45) is 1.41. The molecule has 1 aromatic carbocycles. The van der Waals surface area contributed by atoms with Gasteiger partial charge in [-0.1, -0.05) is 6.07 Å². The van der Waals surface area contributed by atoms with E-state index in [1.54, 1.807) is 13.0 Å². The summed E-state index contributed by atoms with van der Waals surface area (Å²) in [6, 6.07) is 5.53. The van der Waals surface area contributed by atoms with Crippen LogP contribution in [0.5, 0.6) is 0 Å². The zero-order valence-corrected chi connectivity index (χ0v) is 8.53. The molecule has 82 valence electrons. The minimum absolute atomic E-state index is 0.341. The average molecular weight is 220 g/mol. The highest BCUT2D eigenvalue weighted by Crippen LogP contribution is 2.08. The van der Waals surface area contributed by atoms with E-state index in [1.165, 1.54) is 29.0 Å². The standard InChI is InChI=1S/C11H9FN2O2/c1-7-6-13-10(15)11(16)14(7)9-4-2-3-8(12)5-9/h2-6H,1H3,(H,13,15). The van der Waals surface area contributed by atoms with Crippen molar-refractivity contribution in [2.24, 2.45) is 0 Å². The minimum Gasteiger partial charge on any atom is -0.323 e. The number of rotatable bonds is 1. The Morgan fingerprint density at radius 2 is 2.06 bits per heavy atom. The topological polar surface area (TPSA) is 54.9 Å². The van der Waals surface area contributed by atoms with Crippen LogP contribution in [-0.2, 0) is 0 Å². The third kappa shape index (κ3) is 1.67. The molecule has 0 amide bonds. The molecule has 0 fully saturated rings. The van der Waals surface area contributed by atoms with Crippen molar-refractivity contribution in [1.82, 2.24) is 9.55 Å². The lowest BCUT2D eigenvalue weighted by molar-refractivity contribution is 0.626. The highest BCUT2D eigenvalue weighted by Gasteiger charge is 2.06. The van der Waals surface area contributed by atoms with Gasteiger partial charge in [-0.15, -0.1) is 0 Å². The van der Waals surface area contributed by atoms with E-state index in [4.69, 9.17) is 0 Å². The van der Waals surface area contributed by atoms with Gasteiger partial charge in [0, 0.05) is 11.9 Å². The first-order valence-corrected chi connectivity index (χ1v) is 4.67. The number of aryl methyl sites for hydroxylation is 1. The van der Waals surface area contributed by atoms with Crippen LogP contribution >= 0.6 is 0 Å². The molecule has 0 atom stereocenters. The Hall–Kier alpha value is -2.17. The van der Waals surface area contributed by atoms with E-state index in [2.05, 4.69) is 4.98 Å². The summed E-state index contributed by atoms with van der Waals surface area (Å²) in [6.45, 7) is 1.66. The van der Waals surface area contributed by atoms with Crippen molar-refractivity contribution < 1.29 is 4.39 Å². The SMILES string of the molecule is Cc1c[nH]c(=O)c(=O)n1-c1cccc(F)c1. The third-order valence-electron chi connectivity index (χ3n) is 2.23. The smallest absolute Gasteiger partial charge is 0.320 e. The van der Waals surface area contributed by atoms with Crippen molar-refractivity contribution in [3.63, 3.8) is 0 Å². The molecule has 0 unspecified atom stereocenters. The van der Waals surface area contributed by atoms with Crippen LogP contribution in [-0.4, -0.2) is 9.55 Å². The molecule has 0 saturated carbocycles. The van der Waals surface area contributed by atoms with Gasteiger partial charge in [0.05, 0.1) is 5.69 Å². The molecule has 2 aromatic rings. The highest BCUT2D eigenvalue weighted by molar-refractivity contribution is 5.33. The molecular formula is C11H9FN2O2. The van der Waals surface area contributed by atoms with E-state index < -0.39 is 16.9 Å². The molecule has 0 radical (unpaired) electrons. The fraction of sp³-hybridized carbons (Fsp3) is 0.0909. The lowest BCUT2D eigenvalue weighted by Gasteiger charge is -2.08. The molecule has 0 aliphatic rings. The van der Waals surface area contributed by atoms with Crippen molar-refractivity contribution in [3.8, 4) is 5.69 Å². The molecular weight excluding hydrogens is 211 g/mol. The number of benzene rings is 1. The molecule has 0 aliphatic heterocycles. The maximum Gasteiger partial charge on any atom is 0.320 e. The summed E-state index contributed by atoms with van der Waals surface area (Å²) in [5.74, 6) is -0.455. The summed E-state index contributed by atoms with van der Waals surface area (Å²) < 4.78 is 14.2. The summed E-state index contributed by atoms with van der Waals surface area (Å²) in [7, 11) is 0. The van der Waals surface area contributed by atoms with E-state index in [0.29, 0.717) is 11.4 Å². The second-order valence-corrected chi connectivity index (χ2v) is 3.38. The van der Waals surface area contributed by atoms with Crippen molar-refractivity contribution in [1.29, 1.82) is 0 Å². The van der Waals surface area contributed by atoms with Gasteiger partial charge >= 0.3 is 11.1 Å². The molecule has 0 spiro atoms. The number of nitrogens with one attached hydrogen (secondary N) is 1. The van der Waals surface area contributed by atoms with Crippen molar-refractivity contribution in [3.05, 3.63) is 62.7 Å². The fourth-order valence-electron chi connectivity index (χ4n) is 1.49. The molecule has 0 aliphatic carbocycles.